The van der Waals surface area contributed by atoms with Gasteiger partial charge < -0.3 is 13.9 Å². The molecule has 0 radical (unpaired) electrons. The molecule has 4 aromatic rings. The molecule has 5 rings (SSSR count). The lowest BCUT2D eigenvalue weighted by Gasteiger charge is -2.24. The number of amides is 1. The van der Waals surface area contributed by atoms with Gasteiger partial charge in [0.15, 0.2) is 0 Å². The Hall–Kier alpha value is -4.33. The molecule has 0 saturated heterocycles. The standard InChI is InChI=1S/C25H21N3O5/c1-3-32-25(30)16-6-10-17(11-7-16)28-23(19-5-4-14-33-19)20-21(26-27-22(20)24(28)29)15-8-12-18(31-2)13-9-15/h4-14,23H,3H2,1-2H3,(H,26,27). The van der Waals surface area contributed by atoms with Crippen molar-refractivity contribution < 1.29 is 23.5 Å². The molecule has 1 amide bonds. The van der Waals surface area contributed by atoms with Gasteiger partial charge in [0.25, 0.3) is 5.91 Å². The minimum Gasteiger partial charge on any atom is -0.497 e. The first-order valence-corrected chi connectivity index (χ1v) is 10.5. The van der Waals surface area contributed by atoms with Gasteiger partial charge in [0, 0.05) is 16.8 Å². The summed E-state index contributed by atoms with van der Waals surface area (Å²) in [4.78, 5) is 27.2. The highest BCUT2D eigenvalue weighted by molar-refractivity contribution is 6.11. The molecule has 1 aliphatic rings. The van der Waals surface area contributed by atoms with E-state index in [9.17, 15) is 9.59 Å². The van der Waals surface area contributed by atoms with Crippen LogP contribution in [0.5, 0.6) is 5.75 Å². The third-order valence-electron chi connectivity index (χ3n) is 5.60. The van der Waals surface area contributed by atoms with Crippen molar-refractivity contribution in [2.45, 2.75) is 13.0 Å². The molecular weight excluding hydrogens is 422 g/mol. The molecule has 8 nitrogen and oxygen atoms in total. The Morgan fingerprint density at radius 3 is 2.52 bits per heavy atom. The first kappa shape index (κ1) is 20.6. The smallest absolute Gasteiger partial charge is 0.338 e. The van der Waals surface area contributed by atoms with E-state index in [1.807, 2.05) is 30.3 Å². The van der Waals surface area contributed by atoms with Gasteiger partial charge in [-0.25, -0.2) is 4.79 Å². The maximum atomic E-state index is 13.5. The van der Waals surface area contributed by atoms with Crippen molar-refractivity contribution in [3.8, 4) is 17.0 Å². The Morgan fingerprint density at radius 1 is 1.12 bits per heavy atom. The number of carbonyl (C=O) groups is 2. The normalized spacial score (nSPS) is 14.9. The Balaban J connectivity index is 1.59. The molecule has 0 spiro atoms. The number of H-pyrrole nitrogens is 1. The molecule has 33 heavy (non-hydrogen) atoms. The number of aromatic amines is 1. The van der Waals surface area contributed by atoms with Crippen LogP contribution in [0.1, 0.15) is 45.1 Å². The van der Waals surface area contributed by atoms with Gasteiger partial charge in [-0.2, -0.15) is 5.10 Å². The highest BCUT2D eigenvalue weighted by Gasteiger charge is 2.44. The van der Waals surface area contributed by atoms with E-state index in [1.54, 1.807) is 55.5 Å². The van der Waals surface area contributed by atoms with Gasteiger partial charge in [-0.1, -0.05) is 0 Å². The molecule has 2 aromatic carbocycles. The summed E-state index contributed by atoms with van der Waals surface area (Å²) in [7, 11) is 1.61. The summed E-state index contributed by atoms with van der Waals surface area (Å²) in [5.74, 6) is 0.693. The van der Waals surface area contributed by atoms with Crippen molar-refractivity contribution in [1.82, 2.24) is 10.2 Å². The molecule has 1 aliphatic heterocycles. The molecule has 0 bridgehead atoms. The van der Waals surface area contributed by atoms with Crippen LogP contribution in [-0.2, 0) is 4.74 Å². The van der Waals surface area contributed by atoms with Gasteiger partial charge >= 0.3 is 5.97 Å². The maximum absolute atomic E-state index is 13.5. The number of fused-ring (bicyclic) bond motifs is 1. The zero-order chi connectivity index (χ0) is 22.9. The summed E-state index contributed by atoms with van der Waals surface area (Å²) in [5, 5.41) is 7.36. The second-order valence-corrected chi connectivity index (χ2v) is 7.45. The summed E-state index contributed by atoms with van der Waals surface area (Å²) in [6.45, 7) is 2.05. The highest BCUT2D eigenvalue weighted by atomic mass is 16.5. The van der Waals surface area contributed by atoms with E-state index in [-0.39, 0.29) is 5.91 Å². The number of benzene rings is 2. The average molecular weight is 443 g/mol. The number of anilines is 1. The van der Waals surface area contributed by atoms with Crippen LogP contribution >= 0.6 is 0 Å². The van der Waals surface area contributed by atoms with E-state index in [0.29, 0.717) is 35.0 Å². The second-order valence-electron chi connectivity index (χ2n) is 7.45. The summed E-state index contributed by atoms with van der Waals surface area (Å²) in [6.07, 6.45) is 1.58. The van der Waals surface area contributed by atoms with Crippen molar-refractivity contribution >= 4 is 17.6 Å². The van der Waals surface area contributed by atoms with Crippen LogP contribution in [0.3, 0.4) is 0 Å². The van der Waals surface area contributed by atoms with E-state index in [2.05, 4.69) is 10.2 Å². The number of hydrogen-bond donors (Lipinski definition) is 1. The van der Waals surface area contributed by atoms with Crippen LogP contribution in [-0.4, -0.2) is 35.8 Å². The molecule has 0 saturated carbocycles. The van der Waals surface area contributed by atoms with Crippen LogP contribution in [0.25, 0.3) is 11.3 Å². The molecule has 1 N–H and O–H groups in total. The van der Waals surface area contributed by atoms with Gasteiger partial charge in [-0.3, -0.25) is 14.8 Å². The molecule has 8 heteroatoms. The first-order chi connectivity index (χ1) is 16.1. The lowest BCUT2D eigenvalue weighted by atomic mass is 10.00. The quantitative estimate of drug-likeness (QED) is 0.437. The third kappa shape index (κ3) is 3.45. The Bertz CT molecular complexity index is 1290. The van der Waals surface area contributed by atoms with Crippen molar-refractivity contribution in [3.05, 3.63) is 89.5 Å². The zero-order valence-electron chi connectivity index (χ0n) is 18.1. The minimum absolute atomic E-state index is 0.234. The lowest BCUT2D eigenvalue weighted by molar-refractivity contribution is 0.0526. The molecule has 3 heterocycles. The molecule has 0 fully saturated rings. The largest absolute Gasteiger partial charge is 0.497 e. The van der Waals surface area contributed by atoms with Crippen molar-refractivity contribution in [2.75, 3.05) is 18.6 Å². The second kappa shape index (κ2) is 8.31. The van der Waals surface area contributed by atoms with Crippen molar-refractivity contribution in [2.24, 2.45) is 0 Å². The lowest BCUT2D eigenvalue weighted by Crippen LogP contribution is -2.29. The van der Waals surface area contributed by atoms with E-state index < -0.39 is 12.0 Å². The van der Waals surface area contributed by atoms with E-state index in [4.69, 9.17) is 13.9 Å². The van der Waals surface area contributed by atoms with Crippen molar-refractivity contribution in [1.29, 1.82) is 0 Å². The van der Waals surface area contributed by atoms with Crippen molar-refractivity contribution in [3.63, 3.8) is 0 Å². The fourth-order valence-electron chi connectivity index (χ4n) is 4.07. The summed E-state index contributed by atoms with van der Waals surface area (Å²) in [5.41, 5.74) is 3.68. The first-order valence-electron chi connectivity index (χ1n) is 10.5. The Labute approximate surface area is 189 Å². The summed E-state index contributed by atoms with van der Waals surface area (Å²) < 4.78 is 16.0. The number of hydrogen-bond acceptors (Lipinski definition) is 6. The molecule has 0 aliphatic carbocycles. The van der Waals surface area contributed by atoms with Gasteiger partial charge in [-0.05, 0) is 67.6 Å². The minimum atomic E-state index is -0.521. The monoisotopic (exact) mass is 443 g/mol. The molecule has 1 unspecified atom stereocenters. The number of esters is 1. The van der Waals surface area contributed by atoms with Crippen LogP contribution in [0.4, 0.5) is 5.69 Å². The number of methoxy groups -OCH3 is 1. The Morgan fingerprint density at radius 2 is 1.88 bits per heavy atom. The molecule has 166 valence electrons. The SMILES string of the molecule is CCOC(=O)c1ccc(N2C(=O)c3[nH]nc(-c4ccc(OC)cc4)c3C2c2ccco2)cc1. The topological polar surface area (TPSA) is 97.7 Å². The van der Waals surface area contributed by atoms with Gasteiger partial charge in [-0.15, -0.1) is 0 Å². The summed E-state index contributed by atoms with van der Waals surface area (Å²) in [6, 6.07) is 17.3. The van der Waals surface area contributed by atoms with Crippen LogP contribution < -0.4 is 9.64 Å². The number of carbonyl (C=O) groups excluding carboxylic acids is 2. The van der Waals surface area contributed by atoms with E-state index >= 15 is 0 Å². The Kier molecular flexibility index (Phi) is 5.18. The van der Waals surface area contributed by atoms with Gasteiger partial charge in [0.05, 0.1) is 31.2 Å². The fraction of sp³-hybridized carbons (Fsp3) is 0.160. The molecule has 2 aromatic heterocycles. The van der Waals surface area contributed by atoms with Gasteiger partial charge in [0.1, 0.15) is 23.2 Å². The number of aromatic nitrogens is 2. The number of rotatable bonds is 6. The van der Waals surface area contributed by atoms with E-state index in [0.717, 1.165) is 16.9 Å². The number of furan rings is 1. The van der Waals surface area contributed by atoms with Crippen LogP contribution in [0.2, 0.25) is 0 Å². The van der Waals surface area contributed by atoms with E-state index in [1.165, 1.54) is 0 Å². The fourth-order valence-corrected chi connectivity index (χ4v) is 4.07. The van der Waals surface area contributed by atoms with Crippen LogP contribution in [0.15, 0.2) is 71.3 Å². The molecule has 1 atom stereocenters. The van der Waals surface area contributed by atoms with Gasteiger partial charge in [0.2, 0.25) is 0 Å². The highest BCUT2D eigenvalue weighted by Crippen LogP contribution is 2.45. The summed E-state index contributed by atoms with van der Waals surface area (Å²) >= 11 is 0. The molecular formula is C25H21N3O5. The number of ether oxygens (including phenoxy) is 2. The number of nitrogens with zero attached hydrogens (tertiary/aromatic N) is 2. The predicted octanol–water partition coefficient (Wildman–Crippen LogP) is 4.60. The maximum Gasteiger partial charge on any atom is 0.338 e. The number of nitrogens with one attached hydrogen (secondary N) is 1. The third-order valence-corrected chi connectivity index (χ3v) is 5.60. The zero-order valence-corrected chi connectivity index (χ0v) is 18.1. The average Bonchev–Trinajstić information content (AvgIpc) is 3.58. The van der Waals surface area contributed by atoms with Crippen LogP contribution in [0, 0.1) is 0 Å². The predicted molar refractivity (Wildman–Crippen MR) is 120 cm³/mol.